The van der Waals surface area contributed by atoms with Crippen LogP contribution < -0.4 is 5.32 Å². The van der Waals surface area contributed by atoms with Gasteiger partial charge in [0.05, 0.1) is 19.1 Å². The molecule has 0 aromatic rings. The standard InChI is InChI=1S/C11H16N2O4/c1-2-17-11(16)7-4-3-5-13(7)8-6-9(14)12-10(8)15/h7-8H,2-6H2,1H3,(H,12,14,15). The predicted molar refractivity (Wildman–Crippen MR) is 57.9 cm³/mol. The third kappa shape index (κ3) is 2.31. The number of hydrogen-bond acceptors (Lipinski definition) is 5. The minimum absolute atomic E-state index is 0.148. The van der Waals surface area contributed by atoms with Gasteiger partial charge in [-0.05, 0) is 26.3 Å². The van der Waals surface area contributed by atoms with E-state index in [1.54, 1.807) is 11.8 Å². The molecule has 2 aliphatic rings. The molecule has 0 spiro atoms. The second kappa shape index (κ2) is 4.83. The maximum atomic E-state index is 11.7. The number of esters is 1. The van der Waals surface area contributed by atoms with E-state index in [9.17, 15) is 14.4 Å². The normalized spacial score (nSPS) is 29.5. The van der Waals surface area contributed by atoms with E-state index in [0.717, 1.165) is 6.42 Å². The highest BCUT2D eigenvalue weighted by molar-refractivity contribution is 6.05. The topological polar surface area (TPSA) is 75.7 Å². The van der Waals surface area contributed by atoms with Crippen molar-refractivity contribution in [1.82, 2.24) is 10.2 Å². The van der Waals surface area contributed by atoms with E-state index in [4.69, 9.17) is 4.74 Å². The quantitative estimate of drug-likeness (QED) is 0.528. The molecule has 0 saturated carbocycles. The summed E-state index contributed by atoms with van der Waals surface area (Å²) in [5.41, 5.74) is 0. The minimum atomic E-state index is -0.501. The molecule has 0 bridgehead atoms. The lowest BCUT2D eigenvalue weighted by atomic mass is 10.1. The summed E-state index contributed by atoms with van der Waals surface area (Å²) in [6.07, 6.45) is 1.69. The summed E-state index contributed by atoms with van der Waals surface area (Å²) < 4.78 is 4.98. The van der Waals surface area contributed by atoms with Crippen LogP contribution in [-0.2, 0) is 19.1 Å². The van der Waals surface area contributed by atoms with Crippen molar-refractivity contribution >= 4 is 17.8 Å². The number of nitrogens with one attached hydrogen (secondary N) is 1. The largest absolute Gasteiger partial charge is 0.465 e. The summed E-state index contributed by atoms with van der Waals surface area (Å²) in [5.74, 6) is -0.863. The summed E-state index contributed by atoms with van der Waals surface area (Å²) >= 11 is 0. The number of ether oxygens (including phenoxy) is 1. The molecule has 2 aliphatic heterocycles. The molecule has 1 N–H and O–H groups in total. The van der Waals surface area contributed by atoms with Gasteiger partial charge in [-0.25, -0.2) is 0 Å². The Morgan fingerprint density at radius 3 is 2.88 bits per heavy atom. The molecule has 17 heavy (non-hydrogen) atoms. The lowest BCUT2D eigenvalue weighted by Crippen LogP contribution is -2.47. The maximum Gasteiger partial charge on any atom is 0.323 e. The van der Waals surface area contributed by atoms with Crippen molar-refractivity contribution in [2.75, 3.05) is 13.2 Å². The van der Waals surface area contributed by atoms with Crippen LogP contribution in [0.5, 0.6) is 0 Å². The SMILES string of the molecule is CCOC(=O)C1CCCN1C1CC(=O)NC1=O. The lowest BCUT2D eigenvalue weighted by molar-refractivity contribution is -0.149. The van der Waals surface area contributed by atoms with Crippen molar-refractivity contribution in [2.45, 2.75) is 38.3 Å². The van der Waals surface area contributed by atoms with Crippen LogP contribution >= 0.6 is 0 Å². The van der Waals surface area contributed by atoms with Gasteiger partial charge in [0.25, 0.3) is 0 Å². The zero-order valence-electron chi connectivity index (χ0n) is 9.77. The summed E-state index contributed by atoms with van der Waals surface area (Å²) in [4.78, 5) is 36.2. The Balaban J connectivity index is 2.06. The average Bonchev–Trinajstić information content (AvgIpc) is 2.84. The van der Waals surface area contributed by atoms with Crippen molar-refractivity contribution in [3.63, 3.8) is 0 Å². The van der Waals surface area contributed by atoms with Crippen LogP contribution in [0, 0.1) is 0 Å². The van der Waals surface area contributed by atoms with Gasteiger partial charge in [0, 0.05) is 0 Å². The fraction of sp³-hybridized carbons (Fsp3) is 0.727. The first-order chi connectivity index (χ1) is 8.13. The van der Waals surface area contributed by atoms with Crippen LogP contribution in [0.15, 0.2) is 0 Å². The molecule has 94 valence electrons. The number of hydrogen-bond donors (Lipinski definition) is 1. The highest BCUT2D eigenvalue weighted by Gasteiger charge is 2.43. The molecule has 0 aromatic heterocycles. The van der Waals surface area contributed by atoms with Crippen LogP contribution in [0.3, 0.4) is 0 Å². The smallest absolute Gasteiger partial charge is 0.323 e. The Morgan fingerprint density at radius 2 is 2.29 bits per heavy atom. The number of nitrogens with zero attached hydrogens (tertiary/aromatic N) is 1. The number of amides is 2. The Morgan fingerprint density at radius 1 is 1.53 bits per heavy atom. The van der Waals surface area contributed by atoms with E-state index < -0.39 is 6.04 Å². The highest BCUT2D eigenvalue weighted by atomic mass is 16.5. The van der Waals surface area contributed by atoms with Crippen LogP contribution in [0.2, 0.25) is 0 Å². The minimum Gasteiger partial charge on any atom is -0.465 e. The van der Waals surface area contributed by atoms with E-state index in [0.29, 0.717) is 19.6 Å². The summed E-state index contributed by atoms with van der Waals surface area (Å²) in [5, 5.41) is 2.26. The van der Waals surface area contributed by atoms with Crippen LogP contribution in [0.1, 0.15) is 26.2 Å². The van der Waals surface area contributed by atoms with Crippen molar-refractivity contribution in [2.24, 2.45) is 0 Å². The number of rotatable bonds is 3. The fourth-order valence-electron chi connectivity index (χ4n) is 2.46. The molecular weight excluding hydrogens is 224 g/mol. The van der Waals surface area contributed by atoms with Crippen molar-refractivity contribution in [3.8, 4) is 0 Å². The molecule has 2 saturated heterocycles. The number of carbonyl (C=O) groups excluding carboxylic acids is 3. The molecular formula is C11H16N2O4. The molecule has 6 heteroatoms. The first-order valence-electron chi connectivity index (χ1n) is 5.89. The molecule has 2 heterocycles. The number of carbonyl (C=O) groups is 3. The van der Waals surface area contributed by atoms with Crippen LogP contribution in [0.25, 0.3) is 0 Å². The fourth-order valence-corrected chi connectivity index (χ4v) is 2.46. The third-order valence-electron chi connectivity index (χ3n) is 3.20. The molecule has 0 aliphatic carbocycles. The van der Waals surface area contributed by atoms with Crippen molar-refractivity contribution < 1.29 is 19.1 Å². The van der Waals surface area contributed by atoms with Crippen molar-refractivity contribution in [3.05, 3.63) is 0 Å². The van der Waals surface area contributed by atoms with Crippen molar-refractivity contribution in [1.29, 1.82) is 0 Å². The lowest BCUT2D eigenvalue weighted by Gasteiger charge is -2.26. The van der Waals surface area contributed by atoms with Gasteiger partial charge in [0.15, 0.2) is 0 Å². The van der Waals surface area contributed by atoms with Crippen LogP contribution in [-0.4, -0.2) is 47.9 Å². The monoisotopic (exact) mass is 240 g/mol. The summed E-state index contributed by atoms with van der Waals surface area (Å²) in [7, 11) is 0. The Kier molecular flexibility index (Phi) is 3.42. The molecule has 2 atom stereocenters. The molecule has 2 unspecified atom stereocenters. The van der Waals surface area contributed by atoms with E-state index in [1.807, 2.05) is 0 Å². The van der Waals surface area contributed by atoms with Gasteiger partial charge >= 0.3 is 5.97 Å². The molecule has 2 amide bonds. The molecule has 2 fully saturated rings. The van der Waals surface area contributed by atoms with E-state index in [1.165, 1.54) is 0 Å². The second-order valence-corrected chi connectivity index (χ2v) is 4.28. The Labute approximate surface area is 99.3 Å². The van der Waals surface area contributed by atoms with Gasteiger partial charge in [0.1, 0.15) is 6.04 Å². The van der Waals surface area contributed by atoms with Crippen LogP contribution in [0.4, 0.5) is 0 Å². The Bertz CT molecular complexity index is 355. The molecule has 0 aromatic carbocycles. The Hall–Kier alpha value is -1.43. The molecule has 2 rings (SSSR count). The van der Waals surface area contributed by atoms with Gasteiger partial charge in [0.2, 0.25) is 11.8 Å². The highest BCUT2D eigenvalue weighted by Crippen LogP contribution is 2.24. The molecule has 0 radical (unpaired) electrons. The van der Waals surface area contributed by atoms with Gasteiger partial charge in [-0.3, -0.25) is 24.6 Å². The zero-order valence-corrected chi connectivity index (χ0v) is 9.77. The summed E-state index contributed by atoms with van der Waals surface area (Å²) in [6, 6.07) is -0.879. The third-order valence-corrected chi connectivity index (χ3v) is 3.20. The average molecular weight is 240 g/mol. The summed E-state index contributed by atoms with van der Waals surface area (Å²) in [6.45, 7) is 2.75. The van der Waals surface area contributed by atoms with E-state index in [-0.39, 0.29) is 30.2 Å². The zero-order chi connectivity index (χ0) is 12.4. The van der Waals surface area contributed by atoms with E-state index in [2.05, 4.69) is 5.32 Å². The second-order valence-electron chi connectivity index (χ2n) is 4.28. The molecule has 6 nitrogen and oxygen atoms in total. The first kappa shape index (κ1) is 12.0. The van der Waals surface area contributed by atoms with Gasteiger partial charge in [-0.2, -0.15) is 0 Å². The van der Waals surface area contributed by atoms with Gasteiger partial charge < -0.3 is 4.74 Å². The first-order valence-corrected chi connectivity index (χ1v) is 5.89. The van der Waals surface area contributed by atoms with Gasteiger partial charge in [-0.15, -0.1) is 0 Å². The number of imide groups is 1. The number of likely N-dealkylation sites (tertiary alicyclic amines) is 1. The van der Waals surface area contributed by atoms with E-state index >= 15 is 0 Å². The predicted octanol–water partition coefficient (Wildman–Crippen LogP) is -0.571. The maximum absolute atomic E-state index is 11.7. The van der Waals surface area contributed by atoms with Gasteiger partial charge in [-0.1, -0.05) is 0 Å².